The zero-order valence-corrected chi connectivity index (χ0v) is 2.08. The van der Waals surface area contributed by atoms with E-state index in [1.54, 1.807) is 0 Å². The maximum absolute atomic E-state index is 6.82. The van der Waals surface area contributed by atoms with Crippen molar-refractivity contribution < 1.29 is 8.22 Å². The van der Waals surface area contributed by atoms with Crippen molar-refractivity contribution in [2.45, 2.75) is 6.88 Å². The summed E-state index contributed by atoms with van der Waals surface area (Å²) in [6, 6.07) is -0.657. The van der Waals surface area contributed by atoms with Gasteiger partial charge in [0.15, 0.2) is 4.11 Å². The first-order chi connectivity index (χ1) is 4.46. The Morgan fingerprint density at radius 3 is 4.50 bits per heavy atom. The fourth-order valence-corrected chi connectivity index (χ4v) is 0. The second-order valence-corrected chi connectivity index (χ2v) is 0.269. The van der Waals surface area contributed by atoms with Gasteiger partial charge < -0.3 is 0 Å². The van der Waals surface area contributed by atoms with E-state index in [2.05, 4.69) is 0 Å². The molecule has 0 rings (SSSR count). The number of hydrogen-bond acceptors (Lipinski definition) is 0. The largest absolute Gasteiger partial charge is 0.192 e. The summed E-state index contributed by atoms with van der Waals surface area (Å²) in [6.45, 7) is -2.40. The summed E-state index contributed by atoms with van der Waals surface area (Å²) in [5.74, 6) is 0. The molecule has 0 fully saturated rings. The zero-order valence-electron chi connectivity index (χ0n) is 8.08. The molecule has 0 unspecified atom stereocenters. The van der Waals surface area contributed by atoms with Crippen molar-refractivity contribution in [1.29, 1.82) is 0 Å². The SMILES string of the molecule is [2H]C([2H])=C([2H])[C+]([2H])C([2H])[2H]. The second kappa shape index (κ2) is 2.61. The topological polar surface area (TPSA) is 0 Å². The Balaban J connectivity index is 4.22. The van der Waals surface area contributed by atoms with E-state index < -0.39 is 25.9 Å². The summed E-state index contributed by atoms with van der Waals surface area (Å²) in [5, 5.41) is 0. The third-order valence-electron chi connectivity index (χ3n) is 0.0722. The van der Waals surface area contributed by atoms with Gasteiger partial charge in [-0.05, 0) is 0 Å². The summed E-state index contributed by atoms with van der Waals surface area (Å²) < 4.78 is 40.0. The third kappa shape index (κ3) is 1.61. The van der Waals surface area contributed by atoms with Crippen LogP contribution in [0.2, 0.25) is 0 Å². The Morgan fingerprint density at radius 1 is 3.25 bits per heavy atom. The van der Waals surface area contributed by atoms with Crippen LogP contribution in [-0.4, -0.2) is 0 Å². The molecule has 0 bridgehead atoms. The lowest BCUT2D eigenvalue weighted by Gasteiger charge is -1.46. The van der Waals surface area contributed by atoms with Gasteiger partial charge in [0, 0.05) is 19.8 Å². The highest BCUT2D eigenvalue weighted by atomic mass is 13.5. The average Bonchev–Trinajstić information content (AvgIpc) is 1.84. The molecule has 0 heterocycles. The van der Waals surface area contributed by atoms with Gasteiger partial charge in [-0.2, -0.15) is 0 Å². The quantitative estimate of drug-likeness (QED) is 0.402. The summed E-state index contributed by atoms with van der Waals surface area (Å²) in [7, 11) is 0. The molecule has 0 aliphatic heterocycles. The molecule has 4 heavy (non-hydrogen) atoms. The fourth-order valence-electron chi connectivity index (χ4n) is 0. The fraction of sp³-hybridized carbons (Fsp3) is 0.250. The van der Waals surface area contributed by atoms with Crippen molar-refractivity contribution in [2.24, 2.45) is 0 Å². The van der Waals surface area contributed by atoms with Gasteiger partial charge in [0.2, 0.25) is 0 Å². The van der Waals surface area contributed by atoms with Gasteiger partial charge in [0.25, 0.3) is 0 Å². The molecule has 0 spiro atoms. The molecule has 0 amide bonds. The van der Waals surface area contributed by atoms with Crippen molar-refractivity contribution in [1.82, 2.24) is 0 Å². The van der Waals surface area contributed by atoms with Crippen molar-refractivity contribution in [3.63, 3.8) is 0 Å². The zero-order chi connectivity index (χ0) is 8.31. The third-order valence-corrected chi connectivity index (χ3v) is 0.0722. The van der Waals surface area contributed by atoms with Gasteiger partial charge >= 0.3 is 0 Å². The molecule has 22 valence electrons. The van der Waals surface area contributed by atoms with Crippen molar-refractivity contribution in [3.05, 3.63) is 19.0 Å². The monoisotopic (exact) mass is 61.1 g/mol. The molecule has 0 atom stereocenters. The van der Waals surface area contributed by atoms with Crippen LogP contribution in [0.4, 0.5) is 0 Å². The predicted octanol–water partition coefficient (Wildman–Crippen LogP) is 1.40. The molecule has 0 aromatic carbocycles. The molecule has 0 saturated heterocycles. The molecular weight excluding hydrogens is 48.0 g/mol. The van der Waals surface area contributed by atoms with Crippen LogP contribution in [0.5, 0.6) is 0 Å². The van der Waals surface area contributed by atoms with Gasteiger partial charge in [-0.3, -0.25) is 0 Å². The molecule has 0 nitrogen and oxygen atoms in total. The normalized spacial score (nSPS) is 26.2. The predicted molar refractivity (Wildman–Crippen MR) is 20.2 cm³/mol. The molecule has 0 N–H and O–H groups in total. The Morgan fingerprint density at radius 2 is 4.25 bits per heavy atom. The van der Waals surface area contributed by atoms with E-state index >= 15 is 0 Å². The molecular formula is C4H7+. The Labute approximate surface area is 35.6 Å². The van der Waals surface area contributed by atoms with Crippen LogP contribution < -0.4 is 0 Å². The van der Waals surface area contributed by atoms with E-state index in [0.29, 0.717) is 0 Å². The highest BCUT2D eigenvalue weighted by Gasteiger charge is 1.56. The van der Waals surface area contributed by atoms with Crippen LogP contribution in [0.15, 0.2) is 12.6 Å². The lowest BCUT2D eigenvalue weighted by molar-refractivity contribution is 1.57. The lowest BCUT2D eigenvalue weighted by atomic mass is 10.5. The van der Waals surface area contributed by atoms with E-state index in [-0.39, 0.29) is 0 Å². The van der Waals surface area contributed by atoms with Crippen LogP contribution in [0, 0.1) is 6.40 Å². The van der Waals surface area contributed by atoms with Gasteiger partial charge in [0.05, 0.1) is 8.79 Å². The van der Waals surface area contributed by atoms with E-state index in [9.17, 15) is 0 Å². The van der Waals surface area contributed by atoms with Gasteiger partial charge in [-0.1, -0.05) is 0 Å². The minimum Gasteiger partial charge on any atom is 0.0211 e. The Bertz CT molecular complexity index is 135. The minimum atomic E-state index is -1.57. The second-order valence-electron chi connectivity index (χ2n) is 0.269. The molecule has 0 aromatic heterocycles. The minimum absolute atomic E-state index is 0.611. The number of allylic oxidation sites excluding steroid dienone is 1. The molecule has 0 aliphatic carbocycles. The molecule has 0 aliphatic rings. The molecule has 0 aromatic rings. The average molecular weight is 61.1 g/mol. The highest BCUT2D eigenvalue weighted by Crippen LogP contribution is 1.63. The molecule has 0 heteroatoms. The van der Waals surface area contributed by atoms with E-state index in [4.69, 9.17) is 8.22 Å². The summed E-state index contributed by atoms with van der Waals surface area (Å²) in [6.07, 6.45) is -0.611. The first-order valence-electron chi connectivity index (χ1n) is 3.94. The lowest BCUT2D eigenvalue weighted by Crippen LogP contribution is -1.39. The van der Waals surface area contributed by atoms with Crippen LogP contribution in [0.1, 0.15) is 15.1 Å². The summed E-state index contributed by atoms with van der Waals surface area (Å²) in [4.78, 5) is 0. The van der Waals surface area contributed by atoms with E-state index in [1.165, 1.54) is 0 Å². The maximum Gasteiger partial charge on any atom is 0.192 e. The van der Waals surface area contributed by atoms with Crippen LogP contribution in [0.3, 0.4) is 0 Å². The van der Waals surface area contributed by atoms with Gasteiger partial charge in [0.1, 0.15) is 1.37 Å². The highest BCUT2D eigenvalue weighted by molar-refractivity contribution is 4.80. The summed E-state index contributed by atoms with van der Waals surface area (Å²) >= 11 is 0. The smallest absolute Gasteiger partial charge is 0.0211 e. The first-order valence-corrected chi connectivity index (χ1v) is 0.789. The van der Waals surface area contributed by atoms with Crippen molar-refractivity contribution >= 4 is 0 Å². The standard InChI is InChI=1S/C4H7/c1-3-4-2/h3-4H,1H2,2H3/q+1/i1D2,2D2,3D,4D. The van der Waals surface area contributed by atoms with Crippen LogP contribution in [-0.2, 0) is 0 Å². The molecule has 0 radical (unpaired) electrons. The van der Waals surface area contributed by atoms with Crippen molar-refractivity contribution in [3.8, 4) is 0 Å². The molecule has 0 saturated carbocycles. The van der Waals surface area contributed by atoms with Crippen LogP contribution >= 0.6 is 0 Å². The number of rotatable bonds is 1. The van der Waals surface area contributed by atoms with Crippen LogP contribution in [0.25, 0.3) is 0 Å². The van der Waals surface area contributed by atoms with Gasteiger partial charge in [-0.15, -0.1) is 0 Å². The van der Waals surface area contributed by atoms with Crippen molar-refractivity contribution in [2.75, 3.05) is 0 Å². The van der Waals surface area contributed by atoms with E-state index in [0.717, 1.165) is 0 Å². The Kier molecular flexibility index (Phi) is 0.216. The van der Waals surface area contributed by atoms with Gasteiger partial charge in [-0.25, -0.2) is 0 Å². The first kappa shape index (κ1) is 0.332. The van der Waals surface area contributed by atoms with E-state index in [1.807, 2.05) is 0 Å². The number of hydrogen-bond donors (Lipinski definition) is 0. The maximum atomic E-state index is 6.82. The summed E-state index contributed by atoms with van der Waals surface area (Å²) in [5.41, 5.74) is 0. The Hall–Kier alpha value is -0.390.